The molecule has 0 unspecified atom stereocenters. The summed E-state index contributed by atoms with van der Waals surface area (Å²) in [5.74, 6) is 0.656. The number of benzene rings is 2. The molecule has 0 spiro atoms. The van der Waals surface area contributed by atoms with Gasteiger partial charge in [-0.1, -0.05) is 30.3 Å². The smallest absolute Gasteiger partial charge is 0.341 e. The molecule has 1 aliphatic heterocycles. The number of nitrogens with zero attached hydrogens (tertiary/aromatic N) is 5. The van der Waals surface area contributed by atoms with Crippen LogP contribution in [0.4, 0.5) is 23.5 Å². The van der Waals surface area contributed by atoms with Crippen LogP contribution in [0.25, 0.3) is 0 Å². The van der Waals surface area contributed by atoms with Crippen molar-refractivity contribution in [2.24, 2.45) is 5.10 Å². The maximum atomic E-state index is 10.8. The highest BCUT2D eigenvalue weighted by molar-refractivity contribution is 5.84. The first-order valence-corrected chi connectivity index (χ1v) is 10.2. The van der Waals surface area contributed by atoms with Crippen molar-refractivity contribution in [2.75, 3.05) is 35.3 Å². The van der Waals surface area contributed by atoms with Gasteiger partial charge >= 0.3 is 5.97 Å². The number of hydrogen-bond donors (Lipinski definition) is 3. The van der Waals surface area contributed by atoms with Gasteiger partial charge in [-0.15, -0.1) is 0 Å². The number of hydrazone groups is 1. The number of aromatic nitrogens is 3. The van der Waals surface area contributed by atoms with Crippen molar-refractivity contribution in [3.63, 3.8) is 0 Å². The molecule has 0 atom stereocenters. The monoisotopic (exact) mass is 433 g/mol. The predicted octanol–water partition coefficient (Wildman–Crippen LogP) is 3.12. The summed E-state index contributed by atoms with van der Waals surface area (Å²) in [7, 11) is 0. The SMILES string of the molecule is O=C(O)COc1ccccc1C=NNc1nc(Nc2ccccc2)nc(N2CCCC2)n1. The van der Waals surface area contributed by atoms with E-state index in [-0.39, 0.29) is 0 Å². The van der Waals surface area contributed by atoms with Crippen LogP contribution in [-0.2, 0) is 4.79 Å². The van der Waals surface area contributed by atoms with E-state index in [0.717, 1.165) is 31.6 Å². The van der Waals surface area contributed by atoms with Crippen LogP contribution in [0, 0.1) is 0 Å². The number of rotatable bonds is 9. The van der Waals surface area contributed by atoms with Crippen molar-refractivity contribution in [1.82, 2.24) is 15.0 Å². The Morgan fingerprint density at radius 1 is 1.03 bits per heavy atom. The molecule has 0 amide bonds. The van der Waals surface area contributed by atoms with Crippen LogP contribution in [0.1, 0.15) is 18.4 Å². The van der Waals surface area contributed by atoms with E-state index in [1.807, 2.05) is 36.4 Å². The molecule has 32 heavy (non-hydrogen) atoms. The summed E-state index contributed by atoms with van der Waals surface area (Å²) in [4.78, 5) is 26.4. The van der Waals surface area contributed by atoms with E-state index in [0.29, 0.717) is 29.2 Å². The third-order valence-electron chi connectivity index (χ3n) is 4.68. The summed E-state index contributed by atoms with van der Waals surface area (Å²) in [6.07, 6.45) is 3.73. The zero-order valence-corrected chi connectivity index (χ0v) is 17.3. The number of carboxylic acid groups (broad SMARTS) is 1. The number of hydrogen-bond acceptors (Lipinski definition) is 9. The van der Waals surface area contributed by atoms with Gasteiger partial charge in [0.15, 0.2) is 6.61 Å². The molecule has 1 fully saturated rings. The third-order valence-corrected chi connectivity index (χ3v) is 4.68. The number of ether oxygens (including phenoxy) is 1. The van der Waals surface area contributed by atoms with Crippen LogP contribution in [0.5, 0.6) is 5.75 Å². The van der Waals surface area contributed by atoms with Crippen LogP contribution >= 0.6 is 0 Å². The first-order valence-electron chi connectivity index (χ1n) is 10.2. The minimum Gasteiger partial charge on any atom is -0.481 e. The Bertz CT molecular complexity index is 1090. The van der Waals surface area contributed by atoms with Crippen molar-refractivity contribution in [3.8, 4) is 5.75 Å². The second kappa shape index (κ2) is 10.2. The van der Waals surface area contributed by atoms with E-state index >= 15 is 0 Å². The van der Waals surface area contributed by atoms with Gasteiger partial charge in [-0.3, -0.25) is 0 Å². The maximum absolute atomic E-state index is 10.8. The third kappa shape index (κ3) is 5.69. The Balaban J connectivity index is 1.53. The molecule has 1 aromatic heterocycles. The lowest BCUT2D eigenvalue weighted by Crippen LogP contribution is -2.21. The molecule has 3 aromatic rings. The van der Waals surface area contributed by atoms with Crippen LogP contribution < -0.4 is 20.4 Å². The van der Waals surface area contributed by atoms with Gasteiger partial charge in [-0.25, -0.2) is 10.2 Å². The molecule has 4 rings (SSSR count). The number of carbonyl (C=O) groups is 1. The van der Waals surface area contributed by atoms with Gasteiger partial charge < -0.3 is 20.1 Å². The highest BCUT2D eigenvalue weighted by Gasteiger charge is 2.17. The van der Waals surface area contributed by atoms with Crippen LogP contribution in [-0.4, -0.2) is 51.9 Å². The minimum atomic E-state index is -1.05. The van der Waals surface area contributed by atoms with Crippen LogP contribution in [0.15, 0.2) is 59.7 Å². The molecule has 0 saturated carbocycles. The Kier molecular flexibility index (Phi) is 6.71. The lowest BCUT2D eigenvalue weighted by atomic mass is 10.2. The fourth-order valence-electron chi connectivity index (χ4n) is 3.20. The Labute approximate surface area is 185 Å². The average molecular weight is 433 g/mol. The van der Waals surface area contributed by atoms with E-state index < -0.39 is 12.6 Å². The van der Waals surface area contributed by atoms with Crippen molar-refractivity contribution in [2.45, 2.75) is 12.8 Å². The molecule has 164 valence electrons. The Morgan fingerprint density at radius 3 is 2.53 bits per heavy atom. The van der Waals surface area contributed by atoms with Crippen molar-refractivity contribution in [1.29, 1.82) is 0 Å². The number of anilines is 4. The lowest BCUT2D eigenvalue weighted by molar-refractivity contribution is -0.139. The van der Waals surface area contributed by atoms with Crippen molar-refractivity contribution < 1.29 is 14.6 Å². The molecule has 1 saturated heterocycles. The van der Waals surface area contributed by atoms with Gasteiger partial charge in [0.2, 0.25) is 17.8 Å². The van der Waals surface area contributed by atoms with Gasteiger partial charge in [0.25, 0.3) is 0 Å². The van der Waals surface area contributed by atoms with Gasteiger partial charge in [0, 0.05) is 24.3 Å². The molecule has 2 aromatic carbocycles. The van der Waals surface area contributed by atoms with E-state index in [4.69, 9.17) is 9.84 Å². The zero-order chi connectivity index (χ0) is 22.2. The predicted molar refractivity (Wildman–Crippen MR) is 122 cm³/mol. The highest BCUT2D eigenvalue weighted by atomic mass is 16.5. The van der Waals surface area contributed by atoms with E-state index in [1.54, 1.807) is 18.2 Å². The molecule has 0 aliphatic carbocycles. The Morgan fingerprint density at radius 2 is 1.75 bits per heavy atom. The average Bonchev–Trinajstić information content (AvgIpc) is 3.34. The summed E-state index contributed by atoms with van der Waals surface area (Å²) in [5.41, 5.74) is 4.33. The molecular weight excluding hydrogens is 410 g/mol. The first-order chi connectivity index (χ1) is 15.7. The van der Waals surface area contributed by atoms with E-state index in [2.05, 4.69) is 35.7 Å². The largest absolute Gasteiger partial charge is 0.481 e. The molecule has 10 heteroatoms. The summed E-state index contributed by atoms with van der Waals surface area (Å²) in [5, 5.41) is 16.2. The second-order valence-electron chi connectivity index (χ2n) is 7.06. The number of para-hydroxylation sites is 2. The molecule has 0 radical (unpaired) electrons. The quantitative estimate of drug-likeness (QED) is 0.345. The lowest BCUT2D eigenvalue weighted by Gasteiger charge is -2.16. The first kappa shape index (κ1) is 21.0. The number of aliphatic carboxylic acids is 1. The van der Waals surface area contributed by atoms with Gasteiger partial charge in [0.1, 0.15) is 5.75 Å². The summed E-state index contributed by atoms with van der Waals surface area (Å²) < 4.78 is 5.30. The van der Waals surface area contributed by atoms with E-state index in [1.165, 1.54) is 6.21 Å². The minimum absolute atomic E-state index is 0.292. The Hall–Kier alpha value is -4.21. The highest BCUT2D eigenvalue weighted by Crippen LogP contribution is 2.21. The molecular formula is C22H23N7O3. The van der Waals surface area contributed by atoms with Gasteiger partial charge in [0.05, 0.1) is 6.21 Å². The summed E-state index contributed by atoms with van der Waals surface area (Å²) >= 11 is 0. The van der Waals surface area contributed by atoms with E-state index in [9.17, 15) is 4.79 Å². The van der Waals surface area contributed by atoms with Gasteiger partial charge in [-0.2, -0.15) is 20.1 Å². The topological polar surface area (TPSA) is 125 Å². The van der Waals surface area contributed by atoms with Crippen molar-refractivity contribution >= 4 is 35.7 Å². The van der Waals surface area contributed by atoms with Crippen LogP contribution in [0.2, 0.25) is 0 Å². The second-order valence-corrected chi connectivity index (χ2v) is 7.06. The fraction of sp³-hybridized carbons (Fsp3) is 0.227. The molecule has 3 N–H and O–H groups in total. The number of nitrogens with one attached hydrogen (secondary N) is 2. The molecule has 1 aliphatic rings. The maximum Gasteiger partial charge on any atom is 0.341 e. The molecule has 2 heterocycles. The normalized spacial score (nSPS) is 13.3. The fourth-order valence-corrected chi connectivity index (χ4v) is 3.20. The standard InChI is InChI=1S/C22H23N7O3/c30-19(31)15-32-18-11-5-4-8-16(18)14-23-28-21-25-20(24-17-9-2-1-3-10-17)26-22(27-21)29-12-6-7-13-29/h1-5,8-11,14H,6-7,12-13,15H2,(H,30,31)(H2,24,25,26,27,28). The molecule has 10 nitrogen and oxygen atoms in total. The van der Waals surface area contributed by atoms with Crippen LogP contribution in [0.3, 0.4) is 0 Å². The van der Waals surface area contributed by atoms with Gasteiger partial charge in [-0.05, 0) is 37.1 Å². The number of carboxylic acids is 1. The zero-order valence-electron chi connectivity index (χ0n) is 17.3. The summed E-state index contributed by atoms with van der Waals surface area (Å²) in [6, 6.07) is 16.7. The molecule has 0 bridgehead atoms. The summed E-state index contributed by atoms with van der Waals surface area (Å²) in [6.45, 7) is 1.36. The van der Waals surface area contributed by atoms with Crippen molar-refractivity contribution in [3.05, 3.63) is 60.2 Å².